The Bertz CT molecular complexity index is 802. The second kappa shape index (κ2) is 7.37. The first-order valence-electron chi connectivity index (χ1n) is 6.58. The number of thiocarbonyl (C=S) groups is 1. The lowest BCUT2D eigenvalue weighted by molar-refractivity contribution is 0.0974. The molecule has 0 fully saturated rings. The molecule has 1 heterocycles. The molecule has 0 radical (unpaired) electrons. The maximum absolute atomic E-state index is 12.2. The second-order valence-corrected chi connectivity index (χ2v) is 7.53. The number of carbonyl (C=O) groups excluding carboxylic acids is 2. The Morgan fingerprint density at radius 2 is 1.91 bits per heavy atom. The minimum Gasteiger partial charge on any atom is -0.365 e. The van der Waals surface area contributed by atoms with E-state index in [9.17, 15) is 9.59 Å². The Hall–Kier alpha value is -1.52. The zero-order valence-electron chi connectivity index (χ0n) is 12.4. The van der Waals surface area contributed by atoms with Gasteiger partial charge >= 0.3 is 0 Å². The molecule has 0 aliphatic rings. The van der Waals surface area contributed by atoms with Crippen LogP contribution in [0.5, 0.6) is 0 Å². The fraction of sp³-hybridized carbons (Fsp3) is 0.133. The van der Waals surface area contributed by atoms with E-state index in [4.69, 9.17) is 18.0 Å². The summed E-state index contributed by atoms with van der Waals surface area (Å²) >= 11 is 8.62. The van der Waals surface area contributed by atoms with Crippen LogP contribution in [0.15, 0.2) is 24.3 Å². The number of hydrogen-bond donors (Lipinski definition) is 3. The smallest absolute Gasteiger partial charge is 0.258 e. The van der Waals surface area contributed by atoms with Crippen LogP contribution in [0.25, 0.3) is 0 Å². The second-order valence-electron chi connectivity index (χ2n) is 4.74. The third kappa shape index (κ3) is 4.06. The number of aryl methyl sites for hydroxylation is 1. The van der Waals surface area contributed by atoms with Crippen molar-refractivity contribution < 1.29 is 9.59 Å². The van der Waals surface area contributed by atoms with E-state index in [0.717, 1.165) is 14.0 Å². The molecular weight excluding hydrogens is 445 g/mol. The molecule has 1 aromatic heterocycles. The summed E-state index contributed by atoms with van der Waals surface area (Å²) in [7, 11) is 0. The van der Waals surface area contributed by atoms with Crippen LogP contribution in [-0.2, 0) is 0 Å². The van der Waals surface area contributed by atoms with Gasteiger partial charge in [-0.25, -0.2) is 0 Å². The zero-order valence-corrected chi connectivity index (χ0v) is 16.2. The minimum atomic E-state index is -0.527. The van der Waals surface area contributed by atoms with Crippen molar-refractivity contribution in [3.05, 3.63) is 49.4 Å². The van der Waals surface area contributed by atoms with Gasteiger partial charge in [0, 0.05) is 8.45 Å². The zero-order chi connectivity index (χ0) is 17.1. The van der Waals surface area contributed by atoms with Crippen molar-refractivity contribution in [2.24, 2.45) is 5.73 Å². The molecule has 4 N–H and O–H groups in total. The van der Waals surface area contributed by atoms with Crippen LogP contribution in [0.3, 0.4) is 0 Å². The Morgan fingerprint density at radius 3 is 2.52 bits per heavy atom. The quantitative estimate of drug-likeness (QED) is 0.487. The first-order chi connectivity index (χ1) is 10.8. The number of hydrogen-bond acceptors (Lipinski definition) is 4. The van der Waals surface area contributed by atoms with Crippen molar-refractivity contribution in [2.75, 3.05) is 5.32 Å². The topological polar surface area (TPSA) is 84.2 Å². The molecule has 0 aliphatic heterocycles. The third-order valence-corrected chi connectivity index (χ3v) is 5.47. The van der Waals surface area contributed by atoms with Crippen molar-refractivity contribution in [1.29, 1.82) is 0 Å². The average molecular weight is 459 g/mol. The molecule has 0 aliphatic carbocycles. The summed E-state index contributed by atoms with van der Waals surface area (Å²) in [5.74, 6) is -0.834. The summed E-state index contributed by atoms with van der Waals surface area (Å²) in [4.78, 5) is 24.8. The number of carbonyl (C=O) groups is 2. The predicted molar refractivity (Wildman–Crippen MR) is 105 cm³/mol. The van der Waals surface area contributed by atoms with E-state index in [1.54, 1.807) is 12.1 Å². The van der Waals surface area contributed by atoms with Gasteiger partial charge in [0.25, 0.3) is 11.8 Å². The molecule has 0 atom stereocenters. The number of amides is 2. The standard InChI is InChI=1S/C15H14IN3O2S2/c1-7-8(2)23-14(11(7)12(17)20)19-15(22)18-13(21)9-5-3-4-6-10(9)16/h3-6H,1-2H3,(H2,17,20)(H2,18,19,21,22). The molecule has 2 amide bonds. The fourth-order valence-electron chi connectivity index (χ4n) is 1.96. The van der Waals surface area contributed by atoms with E-state index >= 15 is 0 Å². The lowest BCUT2D eigenvalue weighted by atomic mass is 10.1. The summed E-state index contributed by atoms with van der Waals surface area (Å²) < 4.78 is 0.825. The summed E-state index contributed by atoms with van der Waals surface area (Å²) in [6, 6.07) is 7.19. The maximum atomic E-state index is 12.2. The molecule has 0 unspecified atom stereocenters. The molecule has 5 nitrogen and oxygen atoms in total. The highest BCUT2D eigenvalue weighted by atomic mass is 127. The van der Waals surface area contributed by atoms with E-state index in [2.05, 4.69) is 33.2 Å². The van der Waals surface area contributed by atoms with Gasteiger partial charge in [0.15, 0.2) is 5.11 Å². The Morgan fingerprint density at radius 1 is 1.26 bits per heavy atom. The van der Waals surface area contributed by atoms with Crippen LogP contribution in [0.1, 0.15) is 31.2 Å². The SMILES string of the molecule is Cc1sc(NC(=S)NC(=O)c2ccccc2I)c(C(N)=O)c1C. The first kappa shape index (κ1) is 17.8. The van der Waals surface area contributed by atoms with Gasteiger partial charge < -0.3 is 11.1 Å². The van der Waals surface area contributed by atoms with Crippen molar-refractivity contribution in [3.63, 3.8) is 0 Å². The fourth-order valence-corrected chi connectivity index (χ4v) is 3.92. The summed E-state index contributed by atoms with van der Waals surface area (Å²) in [6.07, 6.45) is 0. The molecular formula is C15H14IN3O2S2. The van der Waals surface area contributed by atoms with E-state index in [1.807, 2.05) is 26.0 Å². The number of halogens is 1. The van der Waals surface area contributed by atoms with E-state index < -0.39 is 5.91 Å². The van der Waals surface area contributed by atoms with E-state index in [-0.39, 0.29) is 11.0 Å². The number of thiophene rings is 1. The third-order valence-electron chi connectivity index (χ3n) is 3.20. The van der Waals surface area contributed by atoms with Crippen LogP contribution in [-0.4, -0.2) is 16.9 Å². The highest BCUT2D eigenvalue weighted by Crippen LogP contribution is 2.31. The highest BCUT2D eigenvalue weighted by Gasteiger charge is 2.19. The Kier molecular flexibility index (Phi) is 5.71. The number of primary amides is 1. The number of anilines is 1. The van der Waals surface area contributed by atoms with Gasteiger partial charge in [0.1, 0.15) is 5.00 Å². The highest BCUT2D eigenvalue weighted by molar-refractivity contribution is 14.1. The molecule has 0 saturated carbocycles. The Labute approximate surface area is 156 Å². The van der Waals surface area contributed by atoms with Crippen molar-refractivity contribution in [2.45, 2.75) is 13.8 Å². The van der Waals surface area contributed by atoms with Crippen molar-refractivity contribution in [3.8, 4) is 0 Å². The van der Waals surface area contributed by atoms with Gasteiger partial charge in [-0.05, 0) is 66.4 Å². The first-order valence-corrected chi connectivity index (χ1v) is 8.88. The normalized spacial score (nSPS) is 10.2. The molecule has 23 heavy (non-hydrogen) atoms. The van der Waals surface area contributed by atoms with E-state index in [1.165, 1.54) is 11.3 Å². The van der Waals surface area contributed by atoms with Crippen LogP contribution >= 0.6 is 46.1 Å². The van der Waals surface area contributed by atoms with Crippen LogP contribution < -0.4 is 16.4 Å². The lowest BCUT2D eigenvalue weighted by Crippen LogP contribution is -2.34. The minimum absolute atomic E-state index is 0.124. The molecule has 120 valence electrons. The summed E-state index contributed by atoms with van der Waals surface area (Å²) in [5.41, 5.74) is 7.16. The monoisotopic (exact) mass is 459 g/mol. The van der Waals surface area contributed by atoms with Gasteiger partial charge in [-0.1, -0.05) is 12.1 Å². The number of nitrogens with two attached hydrogens (primary N) is 1. The van der Waals surface area contributed by atoms with Crippen LogP contribution in [0.4, 0.5) is 5.00 Å². The molecule has 0 bridgehead atoms. The summed E-state index contributed by atoms with van der Waals surface area (Å²) in [5, 5.41) is 6.17. The lowest BCUT2D eigenvalue weighted by Gasteiger charge is -2.10. The van der Waals surface area contributed by atoms with Gasteiger partial charge in [0.05, 0.1) is 11.1 Å². The summed E-state index contributed by atoms with van der Waals surface area (Å²) in [6.45, 7) is 3.72. The molecule has 8 heteroatoms. The van der Waals surface area contributed by atoms with Crippen LogP contribution in [0.2, 0.25) is 0 Å². The van der Waals surface area contributed by atoms with Gasteiger partial charge in [0.2, 0.25) is 0 Å². The molecule has 0 saturated heterocycles. The molecule has 0 spiro atoms. The van der Waals surface area contributed by atoms with Gasteiger partial charge in [-0.15, -0.1) is 11.3 Å². The predicted octanol–water partition coefficient (Wildman–Crippen LogP) is 3.20. The maximum Gasteiger partial charge on any atom is 0.258 e. The largest absolute Gasteiger partial charge is 0.365 e. The average Bonchev–Trinajstić information content (AvgIpc) is 2.73. The molecule has 1 aromatic carbocycles. The van der Waals surface area contributed by atoms with Crippen LogP contribution in [0, 0.1) is 17.4 Å². The number of rotatable bonds is 3. The number of nitrogens with one attached hydrogen (secondary N) is 2. The van der Waals surface area contributed by atoms with Gasteiger partial charge in [-0.3, -0.25) is 14.9 Å². The van der Waals surface area contributed by atoms with Crippen molar-refractivity contribution >= 4 is 68.1 Å². The van der Waals surface area contributed by atoms with E-state index in [0.29, 0.717) is 16.1 Å². The van der Waals surface area contributed by atoms with Gasteiger partial charge in [-0.2, -0.15) is 0 Å². The Balaban J connectivity index is 2.15. The number of benzene rings is 1. The molecule has 2 rings (SSSR count). The van der Waals surface area contributed by atoms with Crippen molar-refractivity contribution in [1.82, 2.24) is 5.32 Å². The molecule has 2 aromatic rings.